The Balaban J connectivity index is 1.28. The molecule has 0 bridgehead atoms. The Bertz CT molecular complexity index is 1240. The van der Waals surface area contributed by atoms with E-state index in [9.17, 15) is 0 Å². The summed E-state index contributed by atoms with van der Waals surface area (Å²) in [7, 11) is 1.78. The maximum absolute atomic E-state index is 6.23. The van der Waals surface area contributed by atoms with Crippen LogP contribution in [0.2, 0.25) is 5.02 Å². The van der Waals surface area contributed by atoms with Crippen LogP contribution in [0, 0.1) is 0 Å². The van der Waals surface area contributed by atoms with Crippen molar-refractivity contribution in [2.24, 2.45) is 0 Å². The zero-order valence-corrected chi connectivity index (χ0v) is 18.8. The van der Waals surface area contributed by atoms with Gasteiger partial charge in [-0.1, -0.05) is 29.8 Å². The number of halogens is 1. The highest BCUT2D eigenvalue weighted by molar-refractivity contribution is 6.35. The van der Waals surface area contributed by atoms with Crippen molar-refractivity contribution in [2.75, 3.05) is 39.1 Å². The van der Waals surface area contributed by atoms with E-state index in [1.807, 2.05) is 12.3 Å². The first-order valence-corrected chi connectivity index (χ1v) is 11.2. The summed E-state index contributed by atoms with van der Waals surface area (Å²) in [6.45, 7) is 5.41. The number of nitrogens with two attached hydrogens (primary N) is 1. The molecule has 4 aromatic rings. The largest absolute Gasteiger partial charge is 0.383 e. The van der Waals surface area contributed by atoms with Gasteiger partial charge in [-0.25, -0.2) is 9.97 Å². The molecule has 0 amide bonds. The lowest BCUT2D eigenvalue weighted by atomic mass is 10.1. The lowest BCUT2D eigenvalue weighted by Gasteiger charge is -2.41. The molecule has 0 saturated carbocycles. The average Bonchev–Trinajstić information content (AvgIpc) is 3.16. The van der Waals surface area contributed by atoms with Gasteiger partial charge in [-0.05, 0) is 29.3 Å². The summed E-state index contributed by atoms with van der Waals surface area (Å²) in [5, 5.41) is 2.73. The van der Waals surface area contributed by atoms with Gasteiger partial charge < -0.3 is 15.5 Å². The van der Waals surface area contributed by atoms with Gasteiger partial charge >= 0.3 is 0 Å². The van der Waals surface area contributed by atoms with Gasteiger partial charge in [0, 0.05) is 68.4 Å². The number of benzene rings is 2. The van der Waals surface area contributed by atoms with E-state index in [-0.39, 0.29) is 0 Å². The molecule has 1 atom stereocenters. The minimum atomic E-state index is 0.329. The first-order valence-electron chi connectivity index (χ1n) is 10.8. The minimum Gasteiger partial charge on any atom is -0.383 e. The molecule has 7 nitrogen and oxygen atoms in total. The predicted octanol–water partition coefficient (Wildman–Crippen LogP) is 3.68. The van der Waals surface area contributed by atoms with E-state index < -0.39 is 0 Å². The molecule has 32 heavy (non-hydrogen) atoms. The van der Waals surface area contributed by atoms with Crippen LogP contribution in [0.3, 0.4) is 0 Å². The lowest BCUT2D eigenvalue weighted by Crippen LogP contribution is -2.54. The summed E-state index contributed by atoms with van der Waals surface area (Å²) in [6.07, 6.45) is 3.36. The van der Waals surface area contributed by atoms with Gasteiger partial charge in [0.05, 0.1) is 17.1 Å². The third-order valence-electron chi connectivity index (χ3n) is 6.27. The minimum absolute atomic E-state index is 0.329. The van der Waals surface area contributed by atoms with Crippen LogP contribution in [0.25, 0.3) is 21.8 Å². The van der Waals surface area contributed by atoms with Crippen molar-refractivity contribution in [2.45, 2.75) is 19.1 Å². The van der Waals surface area contributed by atoms with Crippen LogP contribution in [0.4, 0.5) is 5.82 Å². The number of piperazine rings is 1. The topological polar surface area (TPSA) is 83.3 Å². The summed E-state index contributed by atoms with van der Waals surface area (Å²) in [5.74, 6) is 0.523. The highest BCUT2D eigenvalue weighted by Gasteiger charge is 2.27. The molecular formula is C24H27ClN6O. The third kappa shape index (κ3) is 4.29. The Labute approximate surface area is 192 Å². The molecule has 0 unspecified atom stereocenters. The van der Waals surface area contributed by atoms with Gasteiger partial charge in [-0.3, -0.25) is 9.80 Å². The fourth-order valence-electron chi connectivity index (χ4n) is 4.61. The summed E-state index contributed by atoms with van der Waals surface area (Å²) in [4.78, 5) is 16.7. The zero-order chi connectivity index (χ0) is 22.1. The normalized spacial score (nSPS) is 18.0. The molecule has 1 aliphatic heterocycles. The zero-order valence-electron chi connectivity index (χ0n) is 18.1. The van der Waals surface area contributed by atoms with Gasteiger partial charge in [0.2, 0.25) is 0 Å². The first kappa shape index (κ1) is 21.2. The highest BCUT2D eigenvalue weighted by Crippen LogP contribution is 2.25. The molecule has 1 saturated heterocycles. The van der Waals surface area contributed by atoms with Crippen LogP contribution in [-0.4, -0.2) is 64.1 Å². The summed E-state index contributed by atoms with van der Waals surface area (Å²) < 4.78 is 5.57. The SMILES string of the molecule is COC[C@@H]1CN(Cc2ccc3c(N)ncnc3c2)CCN1Cc1ccc2c(Cl)c[nH]c2c1. The van der Waals surface area contributed by atoms with Gasteiger partial charge in [-0.15, -0.1) is 0 Å². The molecule has 166 valence electrons. The monoisotopic (exact) mass is 450 g/mol. The molecule has 0 aliphatic carbocycles. The predicted molar refractivity (Wildman–Crippen MR) is 129 cm³/mol. The maximum atomic E-state index is 6.23. The summed E-state index contributed by atoms with van der Waals surface area (Å²) >= 11 is 6.23. The average molecular weight is 451 g/mol. The van der Waals surface area contributed by atoms with Gasteiger partial charge in [-0.2, -0.15) is 0 Å². The van der Waals surface area contributed by atoms with Crippen molar-refractivity contribution in [1.29, 1.82) is 0 Å². The number of nitrogens with one attached hydrogen (secondary N) is 1. The number of methoxy groups -OCH3 is 1. The Morgan fingerprint density at radius 1 is 1.09 bits per heavy atom. The number of fused-ring (bicyclic) bond motifs is 2. The van der Waals surface area contributed by atoms with Gasteiger partial charge in [0.15, 0.2) is 0 Å². The Morgan fingerprint density at radius 2 is 1.91 bits per heavy atom. The number of H-pyrrole nitrogens is 1. The van der Waals surface area contributed by atoms with Crippen LogP contribution in [0.15, 0.2) is 48.9 Å². The molecule has 3 N–H and O–H groups in total. The van der Waals surface area contributed by atoms with Crippen molar-refractivity contribution in [3.8, 4) is 0 Å². The Hall–Kier alpha value is -2.71. The fraction of sp³-hybridized carbons (Fsp3) is 0.333. The first-order chi connectivity index (χ1) is 15.6. The number of hydrogen-bond donors (Lipinski definition) is 2. The van der Waals surface area contributed by atoms with E-state index in [1.54, 1.807) is 7.11 Å². The van der Waals surface area contributed by atoms with E-state index in [0.29, 0.717) is 18.5 Å². The van der Waals surface area contributed by atoms with Gasteiger partial charge in [0.25, 0.3) is 0 Å². The number of aromatic nitrogens is 3. The Kier molecular flexibility index (Phi) is 5.97. The number of nitrogen functional groups attached to an aromatic ring is 1. The molecule has 0 radical (unpaired) electrons. The molecule has 5 rings (SSSR count). The van der Waals surface area contributed by atoms with Crippen LogP contribution in [0.1, 0.15) is 11.1 Å². The molecule has 0 spiro atoms. The Morgan fingerprint density at radius 3 is 2.75 bits per heavy atom. The van der Waals surface area contributed by atoms with E-state index in [0.717, 1.165) is 59.6 Å². The van der Waals surface area contributed by atoms with E-state index >= 15 is 0 Å². The second-order valence-electron chi connectivity index (χ2n) is 8.44. The molecule has 3 heterocycles. The molecule has 1 aliphatic rings. The lowest BCUT2D eigenvalue weighted by molar-refractivity contribution is 0.0178. The maximum Gasteiger partial charge on any atom is 0.134 e. The quantitative estimate of drug-likeness (QED) is 0.466. The van der Waals surface area contributed by atoms with E-state index in [2.05, 4.69) is 55.1 Å². The van der Waals surface area contributed by atoms with Crippen molar-refractivity contribution in [1.82, 2.24) is 24.8 Å². The second-order valence-corrected chi connectivity index (χ2v) is 8.85. The van der Waals surface area contributed by atoms with Crippen molar-refractivity contribution in [3.05, 3.63) is 65.1 Å². The molecule has 2 aromatic carbocycles. The highest BCUT2D eigenvalue weighted by atomic mass is 35.5. The molecular weight excluding hydrogens is 424 g/mol. The smallest absolute Gasteiger partial charge is 0.134 e. The van der Waals surface area contributed by atoms with E-state index in [1.165, 1.54) is 17.5 Å². The summed E-state index contributed by atoms with van der Waals surface area (Å²) in [6, 6.07) is 13.0. The molecule has 2 aromatic heterocycles. The third-order valence-corrected chi connectivity index (χ3v) is 6.58. The number of anilines is 1. The van der Waals surface area contributed by atoms with Crippen LogP contribution in [0.5, 0.6) is 0 Å². The van der Waals surface area contributed by atoms with Crippen molar-refractivity contribution >= 4 is 39.2 Å². The van der Waals surface area contributed by atoms with Crippen LogP contribution < -0.4 is 5.73 Å². The number of ether oxygens (including phenoxy) is 1. The van der Waals surface area contributed by atoms with E-state index in [4.69, 9.17) is 22.1 Å². The number of nitrogens with zero attached hydrogens (tertiary/aromatic N) is 4. The van der Waals surface area contributed by atoms with Crippen LogP contribution >= 0.6 is 11.6 Å². The van der Waals surface area contributed by atoms with Crippen LogP contribution in [-0.2, 0) is 17.8 Å². The van der Waals surface area contributed by atoms with Crippen molar-refractivity contribution < 1.29 is 4.74 Å². The number of aromatic amines is 1. The number of rotatable bonds is 6. The summed E-state index contributed by atoms with van der Waals surface area (Å²) in [5.41, 5.74) is 10.4. The van der Waals surface area contributed by atoms with Gasteiger partial charge in [0.1, 0.15) is 12.1 Å². The molecule has 8 heteroatoms. The number of hydrogen-bond acceptors (Lipinski definition) is 6. The standard InChI is InChI=1S/C24H27ClN6O/c1-32-14-18-13-30(11-16-3-5-20-23(8-16)28-15-29-24(20)26)6-7-31(18)12-17-2-4-19-21(25)10-27-22(19)9-17/h2-5,8-10,15,18,27H,6-7,11-14H2,1H3,(H2,26,28,29)/t18-/m0/s1. The molecule has 1 fully saturated rings. The second kappa shape index (κ2) is 9.03. The van der Waals surface area contributed by atoms with Crippen molar-refractivity contribution in [3.63, 3.8) is 0 Å². The fourth-order valence-corrected chi connectivity index (χ4v) is 4.83.